The lowest BCUT2D eigenvalue weighted by Gasteiger charge is -2.14. The van der Waals surface area contributed by atoms with Crippen molar-refractivity contribution in [1.82, 2.24) is 5.32 Å². The van der Waals surface area contributed by atoms with Crippen LogP contribution in [0.15, 0.2) is 52.9 Å². The molecule has 3 heteroatoms. The molecule has 0 aliphatic rings. The molecule has 0 amide bonds. The summed E-state index contributed by atoms with van der Waals surface area (Å²) in [6.07, 6.45) is 0. The number of fused-ring (bicyclic) bond motifs is 1. The van der Waals surface area contributed by atoms with Crippen LogP contribution in [-0.4, -0.2) is 7.05 Å². The van der Waals surface area contributed by atoms with Crippen LogP contribution in [0.5, 0.6) is 0 Å². The van der Waals surface area contributed by atoms with Gasteiger partial charge in [-0.05, 0) is 65.9 Å². The molecular weight excluding hydrogens is 361 g/mol. The van der Waals surface area contributed by atoms with Crippen molar-refractivity contribution in [3.05, 3.63) is 69.0 Å². The van der Waals surface area contributed by atoms with Crippen molar-refractivity contribution in [2.45, 2.75) is 13.0 Å². The van der Waals surface area contributed by atoms with Crippen LogP contribution in [0.4, 0.5) is 0 Å². The van der Waals surface area contributed by atoms with E-state index in [1.165, 1.54) is 14.7 Å². The standard InChI is InChI=1S/C17H16INO/c1-11-5-3-7-13-10-15(20-17(11)13)16(19-2)12-6-4-8-14(18)9-12/h3-10,16,19H,1-2H3. The molecule has 0 bridgehead atoms. The summed E-state index contributed by atoms with van der Waals surface area (Å²) < 4.78 is 7.31. The van der Waals surface area contributed by atoms with Crippen LogP contribution >= 0.6 is 22.6 Å². The van der Waals surface area contributed by atoms with Crippen molar-refractivity contribution in [2.75, 3.05) is 7.05 Å². The normalized spacial score (nSPS) is 12.8. The molecule has 0 saturated heterocycles. The number of furan rings is 1. The molecule has 20 heavy (non-hydrogen) atoms. The summed E-state index contributed by atoms with van der Waals surface area (Å²) in [5, 5.41) is 4.50. The molecule has 1 heterocycles. The first-order chi connectivity index (χ1) is 9.69. The van der Waals surface area contributed by atoms with Gasteiger partial charge in [0, 0.05) is 8.96 Å². The summed E-state index contributed by atoms with van der Waals surface area (Å²) in [4.78, 5) is 0. The van der Waals surface area contributed by atoms with E-state index >= 15 is 0 Å². The van der Waals surface area contributed by atoms with Gasteiger partial charge in [0.15, 0.2) is 0 Å². The molecule has 0 spiro atoms. The van der Waals surface area contributed by atoms with Crippen LogP contribution in [-0.2, 0) is 0 Å². The van der Waals surface area contributed by atoms with Gasteiger partial charge in [-0.2, -0.15) is 0 Å². The van der Waals surface area contributed by atoms with Gasteiger partial charge in [-0.1, -0.05) is 30.3 Å². The fourth-order valence-corrected chi connectivity index (χ4v) is 3.10. The summed E-state index contributed by atoms with van der Waals surface area (Å²) in [5.74, 6) is 0.957. The fourth-order valence-electron chi connectivity index (χ4n) is 2.53. The molecular formula is C17H16INO. The van der Waals surface area contributed by atoms with E-state index in [0.717, 1.165) is 16.7 Å². The number of rotatable bonds is 3. The van der Waals surface area contributed by atoms with Crippen LogP contribution in [0.1, 0.15) is 22.9 Å². The number of hydrogen-bond donors (Lipinski definition) is 1. The second-order valence-corrected chi connectivity index (χ2v) is 6.16. The highest BCUT2D eigenvalue weighted by atomic mass is 127. The van der Waals surface area contributed by atoms with Gasteiger partial charge in [0.05, 0.1) is 6.04 Å². The maximum atomic E-state index is 6.08. The topological polar surface area (TPSA) is 25.2 Å². The van der Waals surface area contributed by atoms with E-state index in [2.05, 4.69) is 83.4 Å². The first-order valence-electron chi connectivity index (χ1n) is 6.61. The monoisotopic (exact) mass is 377 g/mol. The third kappa shape index (κ3) is 2.47. The van der Waals surface area contributed by atoms with E-state index < -0.39 is 0 Å². The average Bonchev–Trinajstić information content (AvgIpc) is 2.85. The Labute approximate surface area is 132 Å². The number of aryl methyl sites for hydroxylation is 1. The Morgan fingerprint density at radius 2 is 1.90 bits per heavy atom. The van der Waals surface area contributed by atoms with Gasteiger partial charge in [-0.15, -0.1) is 0 Å². The van der Waals surface area contributed by atoms with Crippen molar-refractivity contribution < 1.29 is 4.42 Å². The SMILES string of the molecule is CNC(c1cccc(I)c1)c1cc2cccc(C)c2o1. The molecule has 102 valence electrons. The molecule has 3 rings (SSSR count). The molecule has 3 aromatic rings. The van der Waals surface area contributed by atoms with Crippen molar-refractivity contribution in [3.63, 3.8) is 0 Å². The van der Waals surface area contributed by atoms with Crippen LogP contribution in [0.2, 0.25) is 0 Å². The second kappa shape index (κ2) is 5.58. The first-order valence-corrected chi connectivity index (χ1v) is 7.68. The van der Waals surface area contributed by atoms with Crippen molar-refractivity contribution in [2.24, 2.45) is 0 Å². The highest BCUT2D eigenvalue weighted by Gasteiger charge is 2.17. The number of para-hydroxylation sites is 1. The summed E-state index contributed by atoms with van der Waals surface area (Å²) in [6.45, 7) is 2.08. The van der Waals surface area contributed by atoms with Crippen molar-refractivity contribution in [1.29, 1.82) is 0 Å². The van der Waals surface area contributed by atoms with E-state index in [-0.39, 0.29) is 6.04 Å². The van der Waals surface area contributed by atoms with Gasteiger partial charge in [0.25, 0.3) is 0 Å². The molecule has 1 unspecified atom stereocenters. The molecule has 1 N–H and O–H groups in total. The molecule has 0 radical (unpaired) electrons. The maximum Gasteiger partial charge on any atom is 0.137 e. The van der Waals surface area contributed by atoms with Crippen molar-refractivity contribution in [3.8, 4) is 0 Å². The lowest BCUT2D eigenvalue weighted by atomic mass is 10.0. The molecule has 1 atom stereocenters. The molecule has 0 aliphatic heterocycles. The Morgan fingerprint density at radius 3 is 2.60 bits per heavy atom. The van der Waals surface area contributed by atoms with Crippen molar-refractivity contribution >= 4 is 33.6 Å². The Kier molecular flexibility index (Phi) is 3.81. The number of halogens is 1. The Morgan fingerprint density at radius 1 is 1.10 bits per heavy atom. The van der Waals surface area contributed by atoms with E-state index in [1.807, 2.05) is 7.05 Å². The Hall–Kier alpha value is -1.33. The highest BCUT2D eigenvalue weighted by Crippen LogP contribution is 2.30. The first kappa shape index (κ1) is 13.6. The summed E-state index contributed by atoms with van der Waals surface area (Å²) in [5.41, 5.74) is 3.37. The predicted molar refractivity (Wildman–Crippen MR) is 91.0 cm³/mol. The van der Waals surface area contributed by atoms with Gasteiger partial charge >= 0.3 is 0 Å². The second-order valence-electron chi connectivity index (χ2n) is 4.92. The van der Waals surface area contributed by atoms with Crippen LogP contribution in [0.25, 0.3) is 11.0 Å². The quantitative estimate of drug-likeness (QED) is 0.672. The Bertz CT molecular complexity index is 748. The number of hydrogen-bond acceptors (Lipinski definition) is 2. The summed E-state index contributed by atoms with van der Waals surface area (Å²) >= 11 is 2.34. The molecule has 2 nitrogen and oxygen atoms in total. The largest absolute Gasteiger partial charge is 0.459 e. The minimum absolute atomic E-state index is 0.0801. The van der Waals surface area contributed by atoms with E-state index in [1.54, 1.807) is 0 Å². The molecule has 1 aromatic heterocycles. The lowest BCUT2D eigenvalue weighted by molar-refractivity contribution is 0.490. The van der Waals surface area contributed by atoms with Gasteiger partial charge in [0.2, 0.25) is 0 Å². The molecule has 0 fully saturated rings. The zero-order valence-corrected chi connectivity index (χ0v) is 13.6. The summed E-state index contributed by atoms with van der Waals surface area (Å²) in [7, 11) is 1.96. The maximum absolute atomic E-state index is 6.08. The van der Waals surface area contributed by atoms with Crippen LogP contribution < -0.4 is 5.32 Å². The van der Waals surface area contributed by atoms with E-state index in [9.17, 15) is 0 Å². The fraction of sp³-hybridized carbons (Fsp3) is 0.176. The minimum Gasteiger partial charge on any atom is -0.459 e. The van der Waals surface area contributed by atoms with Gasteiger partial charge < -0.3 is 9.73 Å². The van der Waals surface area contributed by atoms with Gasteiger partial charge in [-0.3, -0.25) is 0 Å². The summed E-state index contributed by atoms with van der Waals surface area (Å²) in [6, 6.07) is 16.9. The third-order valence-electron chi connectivity index (χ3n) is 3.52. The lowest BCUT2D eigenvalue weighted by Crippen LogP contribution is -2.17. The third-order valence-corrected chi connectivity index (χ3v) is 4.19. The smallest absolute Gasteiger partial charge is 0.137 e. The van der Waals surface area contributed by atoms with E-state index in [0.29, 0.717) is 0 Å². The average molecular weight is 377 g/mol. The Balaban J connectivity index is 2.09. The highest BCUT2D eigenvalue weighted by molar-refractivity contribution is 14.1. The predicted octanol–water partition coefficient (Wildman–Crippen LogP) is 4.65. The van der Waals surface area contributed by atoms with Gasteiger partial charge in [0.1, 0.15) is 11.3 Å². The minimum atomic E-state index is 0.0801. The molecule has 0 aliphatic carbocycles. The number of benzene rings is 2. The number of nitrogens with one attached hydrogen (secondary N) is 1. The van der Waals surface area contributed by atoms with Crippen LogP contribution in [0, 0.1) is 10.5 Å². The molecule has 2 aromatic carbocycles. The van der Waals surface area contributed by atoms with Crippen LogP contribution in [0.3, 0.4) is 0 Å². The van der Waals surface area contributed by atoms with E-state index in [4.69, 9.17) is 4.42 Å². The zero-order chi connectivity index (χ0) is 14.1. The van der Waals surface area contributed by atoms with Gasteiger partial charge in [-0.25, -0.2) is 0 Å². The zero-order valence-electron chi connectivity index (χ0n) is 11.5. The molecule has 0 saturated carbocycles.